The van der Waals surface area contributed by atoms with Crippen LogP contribution in [0.15, 0.2) is 83.9 Å². The average Bonchev–Trinajstić information content (AvgIpc) is 2.89. The van der Waals surface area contributed by atoms with Crippen molar-refractivity contribution in [2.24, 2.45) is 4.99 Å². The molecule has 0 amide bonds. The number of unbranched alkanes of at least 4 members (excludes halogenated alkanes) is 3. The van der Waals surface area contributed by atoms with E-state index in [2.05, 4.69) is 11.9 Å². The first kappa shape index (κ1) is 25.0. The largest absolute Gasteiger partial charge is 0.508 e. The van der Waals surface area contributed by atoms with Crippen LogP contribution in [0.3, 0.4) is 0 Å². The molecule has 0 aliphatic carbocycles. The normalized spacial score (nSPS) is 11.2. The second-order valence-corrected chi connectivity index (χ2v) is 8.76. The first-order valence-electron chi connectivity index (χ1n) is 12.4. The van der Waals surface area contributed by atoms with Crippen LogP contribution in [0, 0.1) is 0 Å². The maximum Gasteiger partial charge on any atom is 0.194 e. The molecule has 184 valence electrons. The fourth-order valence-corrected chi connectivity index (χ4v) is 4.23. The smallest absolute Gasteiger partial charge is 0.194 e. The van der Waals surface area contributed by atoms with Crippen molar-refractivity contribution in [1.29, 1.82) is 0 Å². The van der Waals surface area contributed by atoms with Crippen LogP contribution >= 0.6 is 0 Å². The molecule has 4 aromatic carbocycles. The number of benzene rings is 4. The summed E-state index contributed by atoms with van der Waals surface area (Å²) in [5.41, 5.74) is 2.49. The van der Waals surface area contributed by atoms with Crippen molar-refractivity contribution in [2.45, 2.75) is 32.6 Å². The fourth-order valence-electron chi connectivity index (χ4n) is 4.23. The van der Waals surface area contributed by atoms with E-state index in [1.807, 2.05) is 18.2 Å². The SMILES string of the molecule is CCCCCCN=CCOc1ccc(C(=O)c2c(-c3cccc(O)c3)ccc3cc(O)ccc23)cc1. The van der Waals surface area contributed by atoms with Crippen LogP contribution in [0.1, 0.15) is 48.5 Å². The van der Waals surface area contributed by atoms with Gasteiger partial charge in [0.2, 0.25) is 0 Å². The van der Waals surface area contributed by atoms with Gasteiger partial charge in [-0.15, -0.1) is 0 Å². The van der Waals surface area contributed by atoms with Crippen LogP contribution in [0.5, 0.6) is 17.2 Å². The maximum absolute atomic E-state index is 13.8. The highest BCUT2D eigenvalue weighted by molar-refractivity contribution is 6.20. The first-order valence-corrected chi connectivity index (χ1v) is 12.4. The number of phenolic OH excluding ortho intramolecular Hbond substituents is 2. The number of fused-ring (bicyclic) bond motifs is 1. The Hall–Kier alpha value is -4.12. The number of aromatic hydroxyl groups is 2. The molecular formula is C31H31NO4. The van der Waals surface area contributed by atoms with Gasteiger partial charge in [-0.25, -0.2) is 0 Å². The maximum atomic E-state index is 13.8. The standard InChI is InChI=1S/C31H31NO4/c1-2-3-4-5-17-32-18-19-36-27-13-9-22(10-14-27)31(35)30-28(23-7-6-8-25(33)20-23)15-11-24-21-26(34)12-16-29(24)30/h6-16,18,20-21,33-34H,2-5,17,19H2,1H3. The molecule has 0 bridgehead atoms. The second-order valence-electron chi connectivity index (χ2n) is 8.76. The summed E-state index contributed by atoms with van der Waals surface area (Å²) < 4.78 is 5.75. The Labute approximate surface area is 211 Å². The minimum absolute atomic E-state index is 0.128. The molecular weight excluding hydrogens is 450 g/mol. The minimum Gasteiger partial charge on any atom is -0.508 e. The third kappa shape index (κ3) is 6.11. The molecule has 0 fully saturated rings. The first-order chi connectivity index (χ1) is 17.6. The lowest BCUT2D eigenvalue weighted by Crippen LogP contribution is -2.05. The summed E-state index contributed by atoms with van der Waals surface area (Å²) in [6.07, 6.45) is 6.55. The van der Waals surface area contributed by atoms with E-state index in [4.69, 9.17) is 4.74 Å². The molecule has 0 saturated heterocycles. The Kier molecular flexibility index (Phi) is 8.35. The highest BCUT2D eigenvalue weighted by Gasteiger charge is 2.19. The monoisotopic (exact) mass is 481 g/mol. The van der Waals surface area contributed by atoms with Crippen molar-refractivity contribution in [3.63, 3.8) is 0 Å². The van der Waals surface area contributed by atoms with Crippen molar-refractivity contribution in [2.75, 3.05) is 13.2 Å². The van der Waals surface area contributed by atoms with Gasteiger partial charge < -0.3 is 14.9 Å². The van der Waals surface area contributed by atoms with Crippen LogP contribution in [0.2, 0.25) is 0 Å². The molecule has 0 spiro atoms. The van der Waals surface area contributed by atoms with Crippen LogP contribution in [-0.4, -0.2) is 35.4 Å². The number of hydrogen-bond donors (Lipinski definition) is 2. The van der Waals surface area contributed by atoms with E-state index in [0.29, 0.717) is 29.0 Å². The molecule has 0 saturated carbocycles. The number of ether oxygens (including phenoxy) is 1. The van der Waals surface area contributed by atoms with E-state index in [0.717, 1.165) is 29.3 Å². The zero-order valence-electron chi connectivity index (χ0n) is 20.5. The van der Waals surface area contributed by atoms with Crippen LogP contribution in [-0.2, 0) is 0 Å². The quantitative estimate of drug-likeness (QED) is 0.135. The summed E-state index contributed by atoms with van der Waals surface area (Å²) in [5, 5.41) is 21.4. The Morgan fingerprint density at radius 1 is 0.889 bits per heavy atom. The second kappa shape index (κ2) is 12.0. The molecule has 36 heavy (non-hydrogen) atoms. The van der Waals surface area contributed by atoms with E-state index in [-0.39, 0.29) is 17.3 Å². The number of phenols is 2. The van der Waals surface area contributed by atoms with Crippen molar-refractivity contribution in [3.8, 4) is 28.4 Å². The van der Waals surface area contributed by atoms with Gasteiger partial charge in [-0.1, -0.05) is 50.5 Å². The summed E-state index contributed by atoms with van der Waals surface area (Å²) >= 11 is 0. The van der Waals surface area contributed by atoms with Crippen molar-refractivity contribution in [3.05, 3.63) is 90.0 Å². The number of rotatable bonds is 11. The lowest BCUT2D eigenvalue weighted by atomic mass is 9.89. The van der Waals surface area contributed by atoms with Gasteiger partial charge in [0.1, 0.15) is 23.9 Å². The lowest BCUT2D eigenvalue weighted by molar-refractivity contribution is 0.104. The van der Waals surface area contributed by atoms with E-state index in [1.54, 1.807) is 66.9 Å². The molecule has 0 aliphatic rings. The fraction of sp³-hybridized carbons (Fsp3) is 0.226. The topological polar surface area (TPSA) is 79.1 Å². The van der Waals surface area contributed by atoms with E-state index >= 15 is 0 Å². The third-order valence-electron chi connectivity index (χ3n) is 6.10. The number of carbonyl (C=O) groups excluding carboxylic acids is 1. The molecule has 0 heterocycles. The number of nitrogens with zero attached hydrogens (tertiary/aromatic N) is 1. The Bertz CT molecular complexity index is 1360. The molecule has 0 aliphatic heterocycles. The molecule has 5 heteroatoms. The highest BCUT2D eigenvalue weighted by atomic mass is 16.5. The predicted octanol–water partition coefficient (Wildman–Crippen LogP) is 7.18. The van der Waals surface area contributed by atoms with Gasteiger partial charge >= 0.3 is 0 Å². The molecule has 5 nitrogen and oxygen atoms in total. The summed E-state index contributed by atoms with van der Waals surface area (Å²) in [7, 11) is 0. The molecule has 0 radical (unpaired) electrons. The van der Waals surface area contributed by atoms with Gasteiger partial charge in [0.05, 0.1) is 0 Å². The molecule has 4 rings (SSSR count). The van der Waals surface area contributed by atoms with Gasteiger partial charge in [0, 0.05) is 23.9 Å². The van der Waals surface area contributed by atoms with Crippen LogP contribution < -0.4 is 4.74 Å². The third-order valence-corrected chi connectivity index (χ3v) is 6.10. The van der Waals surface area contributed by atoms with E-state index < -0.39 is 0 Å². The number of ketones is 1. The highest BCUT2D eigenvalue weighted by Crippen LogP contribution is 2.35. The zero-order chi connectivity index (χ0) is 25.3. The number of carbonyl (C=O) groups is 1. The summed E-state index contributed by atoms with van der Waals surface area (Å²) in [4.78, 5) is 18.1. The van der Waals surface area contributed by atoms with Crippen molar-refractivity contribution < 1.29 is 19.7 Å². The van der Waals surface area contributed by atoms with E-state index in [9.17, 15) is 15.0 Å². The van der Waals surface area contributed by atoms with Gasteiger partial charge in [-0.3, -0.25) is 9.79 Å². The molecule has 0 aromatic heterocycles. The molecule has 2 N–H and O–H groups in total. The molecule has 0 unspecified atom stereocenters. The van der Waals surface area contributed by atoms with Gasteiger partial charge in [-0.05, 0) is 82.9 Å². The van der Waals surface area contributed by atoms with Gasteiger partial charge in [0.15, 0.2) is 5.78 Å². The van der Waals surface area contributed by atoms with Crippen LogP contribution in [0.25, 0.3) is 21.9 Å². The Balaban J connectivity index is 1.56. The Morgan fingerprint density at radius 3 is 2.47 bits per heavy atom. The summed E-state index contributed by atoms with van der Waals surface area (Å²) in [6.45, 7) is 3.40. The minimum atomic E-state index is -0.148. The van der Waals surface area contributed by atoms with E-state index in [1.165, 1.54) is 19.3 Å². The lowest BCUT2D eigenvalue weighted by Gasteiger charge is -2.14. The number of aliphatic imine (C=N–C) groups is 1. The predicted molar refractivity (Wildman–Crippen MR) is 146 cm³/mol. The van der Waals surface area contributed by atoms with Crippen LogP contribution in [0.4, 0.5) is 0 Å². The summed E-state index contributed by atoms with van der Waals surface area (Å²) in [6, 6.07) is 22.6. The van der Waals surface area contributed by atoms with Gasteiger partial charge in [-0.2, -0.15) is 0 Å². The Morgan fingerprint density at radius 2 is 1.69 bits per heavy atom. The zero-order valence-corrected chi connectivity index (χ0v) is 20.5. The summed E-state index contributed by atoms with van der Waals surface area (Å²) in [5.74, 6) is 0.782. The molecule has 0 atom stereocenters. The number of hydrogen-bond acceptors (Lipinski definition) is 5. The van der Waals surface area contributed by atoms with Gasteiger partial charge in [0.25, 0.3) is 0 Å². The van der Waals surface area contributed by atoms with Crippen molar-refractivity contribution in [1.82, 2.24) is 0 Å². The average molecular weight is 482 g/mol. The van der Waals surface area contributed by atoms with Crippen molar-refractivity contribution >= 4 is 22.8 Å². The molecule has 4 aromatic rings.